The van der Waals surface area contributed by atoms with Crippen molar-refractivity contribution in [1.82, 2.24) is 14.5 Å². The largest absolute Gasteiger partial charge is 0.302 e. The second-order valence-electron chi connectivity index (χ2n) is 12.7. The Balaban J connectivity index is 1.32. The molecule has 3 heterocycles. The predicted octanol–water partition coefficient (Wildman–Crippen LogP) is 5.76. The second-order valence-corrected chi connectivity index (χ2v) is 12.7. The average Bonchev–Trinajstić information content (AvgIpc) is 2.76. The van der Waals surface area contributed by atoms with Crippen LogP contribution in [0.15, 0.2) is 29.1 Å². The van der Waals surface area contributed by atoms with E-state index in [0.29, 0.717) is 17.5 Å². The molecule has 4 fully saturated rings. The van der Waals surface area contributed by atoms with E-state index >= 15 is 0 Å². The number of benzene rings is 1. The molecule has 5 nitrogen and oxygen atoms in total. The van der Waals surface area contributed by atoms with E-state index in [2.05, 4.69) is 23.7 Å². The Bertz CT molecular complexity index is 1140. The molecule has 0 radical (unpaired) electrons. The summed E-state index contributed by atoms with van der Waals surface area (Å²) in [4.78, 5) is 33.1. The normalized spacial score (nSPS) is 35.3. The van der Waals surface area contributed by atoms with E-state index in [1.807, 2.05) is 28.8 Å². The van der Waals surface area contributed by atoms with Crippen LogP contribution in [-0.4, -0.2) is 38.4 Å². The standard InChI is InChI=1S/C29H39N3O2/c1-18(33)27-28(34)32(26-10-5-4-9-25(26)30-27)24-14-21-7-6-8-22(15-24)31(21)23-12-19-11-20(13-23)17-29(2,3)16-19/h4-5,9-10,19-24H,6-8,11-17H2,1-3H3. The van der Waals surface area contributed by atoms with E-state index in [-0.39, 0.29) is 23.1 Å². The number of para-hydroxylation sites is 2. The van der Waals surface area contributed by atoms with Gasteiger partial charge in [-0.15, -0.1) is 0 Å². The van der Waals surface area contributed by atoms with E-state index in [1.54, 1.807) is 0 Å². The number of Topliss-reactive ketones (excluding diaryl/α,β-unsaturated/α-hetero) is 1. The summed E-state index contributed by atoms with van der Waals surface area (Å²) in [5, 5.41) is 0. The van der Waals surface area contributed by atoms with Crippen molar-refractivity contribution >= 4 is 16.8 Å². The number of fused-ring (bicyclic) bond motifs is 5. The zero-order valence-corrected chi connectivity index (χ0v) is 21.0. The Kier molecular flexibility index (Phi) is 5.47. The summed E-state index contributed by atoms with van der Waals surface area (Å²) in [5.74, 6) is 1.53. The molecule has 0 N–H and O–H groups in total. The smallest absolute Gasteiger partial charge is 0.280 e. The molecule has 2 saturated heterocycles. The van der Waals surface area contributed by atoms with Crippen LogP contribution in [-0.2, 0) is 0 Å². The third-order valence-electron chi connectivity index (χ3n) is 9.48. The highest BCUT2D eigenvalue weighted by Crippen LogP contribution is 2.51. The van der Waals surface area contributed by atoms with Gasteiger partial charge in [0.15, 0.2) is 11.5 Å². The number of carbonyl (C=O) groups is 1. The molecule has 4 bridgehead atoms. The number of nitrogens with zero attached hydrogens (tertiary/aromatic N) is 3. The van der Waals surface area contributed by atoms with Crippen LogP contribution in [0.1, 0.15) is 102 Å². The molecular weight excluding hydrogens is 422 g/mol. The Morgan fingerprint density at radius 1 is 0.912 bits per heavy atom. The minimum Gasteiger partial charge on any atom is -0.302 e. The molecule has 34 heavy (non-hydrogen) atoms. The number of rotatable bonds is 3. The minimum atomic E-state index is -0.237. The number of aromatic nitrogens is 2. The molecule has 182 valence electrons. The van der Waals surface area contributed by atoms with Gasteiger partial charge in [0, 0.05) is 31.1 Å². The van der Waals surface area contributed by atoms with E-state index < -0.39 is 0 Å². The van der Waals surface area contributed by atoms with Crippen molar-refractivity contribution in [2.75, 3.05) is 0 Å². The van der Waals surface area contributed by atoms with Crippen LogP contribution in [0.25, 0.3) is 11.0 Å². The van der Waals surface area contributed by atoms with Crippen LogP contribution in [0, 0.1) is 17.3 Å². The first kappa shape index (κ1) is 22.5. The highest BCUT2D eigenvalue weighted by Gasteiger charge is 2.47. The molecule has 2 saturated carbocycles. The highest BCUT2D eigenvalue weighted by molar-refractivity contribution is 5.93. The van der Waals surface area contributed by atoms with Gasteiger partial charge in [-0.2, -0.15) is 0 Å². The summed E-state index contributed by atoms with van der Waals surface area (Å²) in [6.45, 7) is 6.40. The number of carbonyl (C=O) groups excluding carboxylic acids is 1. The molecule has 2 aromatic rings. The van der Waals surface area contributed by atoms with Crippen molar-refractivity contribution in [2.45, 2.75) is 109 Å². The number of hydrogen-bond acceptors (Lipinski definition) is 4. The summed E-state index contributed by atoms with van der Waals surface area (Å²) in [7, 11) is 0. The Labute approximate surface area is 202 Å². The van der Waals surface area contributed by atoms with Crippen LogP contribution < -0.4 is 5.56 Å². The van der Waals surface area contributed by atoms with Gasteiger partial charge in [-0.1, -0.05) is 32.4 Å². The highest BCUT2D eigenvalue weighted by atomic mass is 16.1. The zero-order chi connectivity index (χ0) is 23.6. The van der Waals surface area contributed by atoms with Gasteiger partial charge in [0.25, 0.3) is 5.56 Å². The first-order chi connectivity index (χ1) is 16.3. The summed E-state index contributed by atoms with van der Waals surface area (Å²) in [6.07, 6.45) is 12.7. The number of piperidine rings is 2. The van der Waals surface area contributed by atoms with Crippen molar-refractivity contribution < 1.29 is 4.79 Å². The fraction of sp³-hybridized carbons (Fsp3) is 0.690. The number of ketones is 1. The Morgan fingerprint density at radius 2 is 1.56 bits per heavy atom. The lowest BCUT2D eigenvalue weighted by Gasteiger charge is -2.56. The maximum atomic E-state index is 13.5. The molecule has 6 rings (SSSR count). The first-order valence-corrected chi connectivity index (χ1v) is 13.6. The molecular formula is C29H39N3O2. The maximum Gasteiger partial charge on any atom is 0.280 e. The lowest BCUT2D eigenvalue weighted by molar-refractivity contribution is -0.0599. The maximum absolute atomic E-state index is 13.5. The van der Waals surface area contributed by atoms with E-state index in [4.69, 9.17) is 0 Å². The van der Waals surface area contributed by atoms with Crippen LogP contribution in [0.5, 0.6) is 0 Å². The summed E-state index contributed by atoms with van der Waals surface area (Å²) in [6, 6.07) is 9.80. The molecule has 5 heteroatoms. The van der Waals surface area contributed by atoms with Gasteiger partial charge in [-0.05, 0) is 87.2 Å². The quantitative estimate of drug-likeness (QED) is 0.545. The lowest BCUT2D eigenvalue weighted by atomic mass is 9.60. The van der Waals surface area contributed by atoms with Gasteiger partial charge in [-0.3, -0.25) is 14.5 Å². The average molecular weight is 462 g/mol. The SMILES string of the molecule is CC(=O)c1nc2ccccc2n(C2CC3CCCC(C2)N3C2CC3CC(C2)CC(C)(C)C3)c1=O. The van der Waals surface area contributed by atoms with Crippen molar-refractivity contribution in [3.63, 3.8) is 0 Å². The molecule has 2 aliphatic carbocycles. The molecule has 4 atom stereocenters. The fourth-order valence-electron chi connectivity index (χ4n) is 8.69. The molecule has 4 unspecified atom stereocenters. The van der Waals surface area contributed by atoms with Gasteiger partial charge < -0.3 is 4.57 Å². The van der Waals surface area contributed by atoms with Crippen molar-refractivity contribution in [3.05, 3.63) is 40.3 Å². The fourth-order valence-corrected chi connectivity index (χ4v) is 8.69. The molecule has 1 aromatic heterocycles. The molecule has 0 spiro atoms. The molecule has 4 aliphatic rings. The lowest BCUT2D eigenvalue weighted by Crippen LogP contribution is -2.59. The monoisotopic (exact) mass is 461 g/mol. The van der Waals surface area contributed by atoms with Crippen LogP contribution in [0.4, 0.5) is 0 Å². The van der Waals surface area contributed by atoms with Crippen LogP contribution >= 0.6 is 0 Å². The number of hydrogen-bond donors (Lipinski definition) is 0. The summed E-state index contributed by atoms with van der Waals surface area (Å²) < 4.78 is 1.94. The van der Waals surface area contributed by atoms with Gasteiger partial charge in [0.05, 0.1) is 11.0 Å². The minimum absolute atomic E-state index is 0.0917. The van der Waals surface area contributed by atoms with E-state index in [0.717, 1.165) is 41.8 Å². The zero-order valence-electron chi connectivity index (χ0n) is 21.0. The van der Waals surface area contributed by atoms with Gasteiger partial charge in [0.1, 0.15) is 0 Å². The molecule has 2 aliphatic heterocycles. The molecule has 0 amide bonds. The predicted molar refractivity (Wildman–Crippen MR) is 135 cm³/mol. The Morgan fingerprint density at radius 3 is 2.21 bits per heavy atom. The first-order valence-electron chi connectivity index (χ1n) is 13.6. The third kappa shape index (κ3) is 3.84. The van der Waals surface area contributed by atoms with Crippen molar-refractivity contribution in [3.8, 4) is 0 Å². The van der Waals surface area contributed by atoms with Crippen molar-refractivity contribution in [1.29, 1.82) is 0 Å². The third-order valence-corrected chi connectivity index (χ3v) is 9.48. The summed E-state index contributed by atoms with van der Waals surface area (Å²) >= 11 is 0. The van der Waals surface area contributed by atoms with Crippen molar-refractivity contribution in [2.24, 2.45) is 17.3 Å². The second kappa shape index (κ2) is 8.29. The van der Waals surface area contributed by atoms with Gasteiger partial charge in [-0.25, -0.2) is 4.98 Å². The summed E-state index contributed by atoms with van der Waals surface area (Å²) in [5.41, 5.74) is 2.04. The van der Waals surface area contributed by atoms with Crippen LogP contribution in [0.3, 0.4) is 0 Å². The van der Waals surface area contributed by atoms with E-state index in [1.165, 1.54) is 58.3 Å². The molecule has 1 aromatic carbocycles. The van der Waals surface area contributed by atoms with Gasteiger partial charge >= 0.3 is 0 Å². The topological polar surface area (TPSA) is 55.2 Å². The van der Waals surface area contributed by atoms with Gasteiger partial charge in [0.2, 0.25) is 0 Å². The Hall–Kier alpha value is -2.01. The van der Waals surface area contributed by atoms with E-state index in [9.17, 15) is 9.59 Å². The van der Waals surface area contributed by atoms with Crippen LogP contribution in [0.2, 0.25) is 0 Å².